The van der Waals surface area contributed by atoms with Gasteiger partial charge >= 0.3 is 0 Å². The molecule has 0 aromatic heterocycles. The van der Waals surface area contributed by atoms with Crippen molar-refractivity contribution in [2.45, 2.75) is 39.5 Å². The highest BCUT2D eigenvalue weighted by Gasteiger charge is 2.24. The predicted molar refractivity (Wildman–Crippen MR) is 78.0 cm³/mol. The summed E-state index contributed by atoms with van der Waals surface area (Å²) in [7, 11) is 4.26. The molecule has 1 saturated carbocycles. The molecule has 0 amide bonds. The number of ether oxygens (including phenoxy) is 1. The molecule has 0 heterocycles. The summed E-state index contributed by atoms with van der Waals surface area (Å²) in [5, 5.41) is 3.33. The van der Waals surface area contributed by atoms with Crippen molar-refractivity contribution in [3.8, 4) is 0 Å². The number of nitrogens with zero attached hydrogens (tertiary/aromatic N) is 1. The van der Waals surface area contributed by atoms with E-state index in [1.54, 1.807) is 0 Å². The average Bonchev–Trinajstić information content (AvgIpc) is 3.08. The van der Waals surface area contributed by atoms with Gasteiger partial charge in [0.15, 0.2) is 0 Å². The van der Waals surface area contributed by atoms with E-state index >= 15 is 0 Å². The van der Waals surface area contributed by atoms with Crippen LogP contribution in [-0.2, 0) is 4.74 Å². The summed E-state index contributed by atoms with van der Waals surface area (Å²) >= 11 is 0. The van der Waals surface area contributed by atoms with Crippen LogP contribution in [-0.4, -0.2) is 51.8 Å². The molecule has 1 unspecified atom stereocenters. The van der Waals surface area contributed by atoms with Crippen LogP contribution in [0, 0.1) is 11.3 Å². The third kappa shape index (κ3) is 6.72. The Morgan fingerprint density at radius 2 is 2.11 bits per heavy atom. The molecule has 3 nitrogen and oxygen atoms in total. The van der Waals surface area contributed by atoms with Gasteiger partial charge in [0.25, 0.3) is 0 Å². The number of hydrogen-bond donors (Lipinski definition) is 1. The normalized spacial score (nSPS) is 19.2. The van der Waals surface area contributed by atoms with Gasteiger partial charge in [-0.05, 0) is 44.7 Å². The van der Waals surface area contributed by atoms with E-state index in [9.17, 15) is 0 Å². The predicted octanol–water partition coefficient (Wildman–Crippen LogP) is 2.37. The summed E-state index contributed by atoms with van der Waals surface area (Å²) in [5.41, 5.74) is 0.384. The van der Waals surface area contributed by atoms with Gasteiger partial charge in [-0.15, -0.1) is 0 Å². The second kappa shape index (κ2) is 8.13. The number of nitrogens with one attached hydrogen (secondary N) is 1. The van der Waals surface area contributed by atoms with E-state index in [-0.39, 0.29) is 0 Å². The van der Waals surface area contributed by atoms with Gasteiger partial charge in [0.05, 0.1) is 6.61 Å². The minimum absolute atomic E-state index is 0.384. The molecule has 0 aromatic carbocycles. The molecule has 0 spiro atoms. The third-order valence-electron chi connectivity index (χ3n) is 3.78. The first-order valence-corrected chi connectivity index (χ1v) is 7.50. The number of rotatable bonds is 11. The van der Waals surface area contributed by atoms with Gasteiger partial charge in [-0.2, -0.15) is 0 Å². The van der Waals surface area contributed by atoms with Crippen LogP contribution >= 0.6 is 0 Å². The van der Waals surface area contributed by atoms with Crippen molar-refractivity contribution in [3.05, 3.63) is 0 Å². The molecule has 1 aliphatic carbocycles. The monoisotopic (exact) mass is 256 g/mol. The molecule has 0 bridgehead atoms. The van der Waals surface area contributed by atoms with Gasteiger partial charge in [-0.3, -0.25) is 0 Å². The molecular weight excluding hydrogens is 224 g/mol. The molecule has 1 N–H and O–H groups in total. The number of likely N-dealkylation sites (N-methyl/N-ethyl adjacent to an activating group) is 1. The van der Waals surface area contributed by atoms with Crippen LogP contribution in [0.15, 0.2) is 0 Å². The first-order chi connectivity index (χ1) is 8.59. The highest BCUT2D eigenvalue weighted by molar-refractivity contribution is 4.79. The summed E-state index contributed by atoms with van der Waals surface area (Å²) in [6, 6.07) is 0. The van der Waals surface area contributed by atoms with Crippen LogP contribution in [0.3, 0.4) is 0 Å². The molecule has 18 heavy (non-hydrogen) atoms. The van der Waals surface area contributed by atoms with Gasteiger partial charge in [0, 0.05) is 26.2 Å². The Labute approximate surface area is 113 Å². The molecule has 1 aliphatic rings. The van der Waals surface area contributed by atoms with E-state index in [2.05, 4.69) is 31.1 Å². The Kier molecular flexibility index (Phi) is 7.20. The fraction of sp³-hybridized carbons (Fsp3) is 1.00. The zero-order valence-corrected chi connectivity index (χ0v) is 12.8. The molecule has 0 radical (unpaired) electrons. The lowest BCUT2D eigenvalue weighted by Gasteiger charge is -2.33. The molecule has 0 aromatic rings. The van der Waals surface area contributed by atoms with Crippen LogP contribution in [0.5, 0.6) is 0 Å². The number of hydrogen-bond acceptors (Lipinski definition) is 3. The van der Waals surface area contributed by atoms with Crippen molar-refractivity contribution in [2.24, 2.45) is 11.3 Å². The summed E-state index contributed by atoms with van der Waals surface area (Å²) in [5.74, 6) is 0.880. The molecule has 0 saturated heterocycles. The van der Waals surface area contributed by atoms with Crippen LogP contribution in [0.2, 0.25) is 0 Å². The van der Waals surface area contributed by atoms with Gasteiger partial charge in [0.2, 0.25) is 0 Å². The van der Waals surface area contributed by atoms with Crippen molar-refractivity contribution < 1.29 is 4.74 Å². The Morgan fingerprint density at radius 1 is 1.39 bits per heavy atom. The van der Waals surface area contributed by atoms with E-state index in [4.69, 9.17) is 4.74 Å². The zero-order valence-electron chi connectivity index (χ0n) is 12.8. The fourth-order valence-electron chi connectivity index (χ4n) is 2.74. The van der Waals surface area contributed by atoms with Crippen molar-refractivity contribution in [1.29, 1.82) is 0 Å². The molecular formula is C15H32N2O. The lowest BCUT2D eigenvalue weighted by atomic mass is 9.85. The van der Waals surface area contributed by atoms with Crippen molar-refractivity contribution in [2.75, 3.05) is 46.9 Å². The molecule has 108 valence electrons. The molecule has 3 heteroatoms. The van der Waals surface area contributed by atoms with Crippen LogP contribution in [0.1, 0.15) is 39.5 Å². The van der Waals surface area contributed by atoms with Crippen molar-refractivity contribution in [1.82, 2.24) is 10.2 Å². The highest BCUT2D eigenvalue weighted by atomic mass is 16.5. The van der Waals surface area contributed by atoms with E-state index in [0.717, 1.165) is 38.8 Å². The first kappa shape index (κ1) is 15.9. The molecule has 1 rings (SSSR count). The van der Waals surface area contributed by atoms with Crippen LogP contribution < -0.4 is 5.32 Å². The zero-order chi connectivity index (χ0) is 13.4. The summed E-state index contributed by atoms with van der Waals surface area (Å²) in [6.07, 6.45) is 5.30. The second-order valence-corrected chi connectivity index (χ2v) is 6.35. The Hall–Kier alpha value is -0.120. The molecule has 1 atom stereocenters. The van der Waals surface area contributed by atoms with Crippen molar-refractivity contribution in [3.63, 3.8) is 0 Å². The van der Waals surface area contributed by atoms with Gasteiger partial charge < -0.3 is 15.0 Å². The summed E-state index contributed by atoms with van der Waals surface area (Å²) in [6.45, 7) is 9.81. The fourth-order valence-corrected chi connectivity index (χ4v) is 2.74. The van der Waals surface area contributed by atoms with E-state index in [0.29, 0.717) is 5.41 Å². The first-order valence-electron chi connectivity index (χ1n) is 7.50. The standard InChI is InChI=1S/C15H32N2O/c1-5-8-15(2,12-16-3)13-17(4)9-10-18-11-14-6-7-14/h14,16H,5-13H2,1-4H3. The molecule has 1 fully saturated rings. The smallest absolute Gasteiger partial charge is 0.0593 e. The Balaban J connectivity index is 2.15. The van der Waals surface area contributed by atoms with Crippen molar-refractivity contribution >= 4 is 0 Å². The lowest BCUT2D eigenvalue weighted by molar-refractivity contribution is 0.0875. The van der Waals surface area contributed by atoms with E-state index < -0.39 is 0 Å². The third-order valence-corrected chi connectivity index (χ3v) is 3.78. The quantitative estimate of drug-likeness (QED) is 0.574. The van der Waals surface area contributed by atoms with Gasteiger partial charge in [-0.1, -0.05) is 20.3 Å². The lowest BCUT2D eigenvalue weighted by Crippen LogP contribution is -2.41. The molecule has 0 aliphatic heterocycles. The SMILES string of the molecule is CCCC(C)(CNC)CN(C)CCOCC1CC1. The topological polar surface area (TPSA) is 24.5 Å². The summed E-state index contributed by atoms with van der Waals surface area (Å²) in [4.78, 5) is 2.42. The Bertz CT molecular complexity index is 211. The minimum atomic E-state index is 0.384. The maximum atomic E-state index is 5.71. The van der Waals surface area contributed by atoms with E-state index in [1.807, 2.05) is 7.05 Å². The van der Waals surface area contributed by atoms with Crippen LogP contribution in [0.4, 0.5) is 0 Å². The highest BCUT2D eigenvalue weighted by Crippen LogP contribution is 2.28. The maximum Gasteiger partial charge on any atom is 0.0593 e. The van der Waals surface area contributed by atoms with E-state index in [1.165, 1.54) is 25.7 Å². The largest absolute Gasteiger partial charge is 0.380 e. The van der Waals surface area contributed by atoms with Gasteiger partial charge in [0.1, 0.15) is 0 Å². The minimum Gasteiger partial charge on any atom is -0.380 e. The second-order valence-electron chi connectivity index (χ2n) is 6.35. The average molecular weight is 256 g/mol. The summed E-state index contributed by atoms with van der Waals surface area (Å²) < 4.78 is 5.71. The van der Waals surface area contributed by atoms with Crippen LogP contribution in [0.25, 0.3) is 0 Å². The van der Waals surface area contributed by atoms with Gasteiger partial charge in [-0.25, -0.2) is 0 Å². The maximum absolute atomic E-state index is 5.71. The Morgan fingerprint density at radius 3 is 2.67 bits per heavy atom.